The number of amides is 2. The van der Waals surface area contributed by atoms with Gasteiger partial charge in [-0.3, -0.25) is 4.90 Å². The largest absolute Gasteiger partial charge is 0.420 e. The molecule has 0 saturated heterocycles. The second-order valence-corrected chi connectivity index (χ2v) is 7.89. The minimum Gasteiger partial charge on any atom is -0.351 e. The molecule has 7 nitrogen and oxygen atoms in total. The number of nitrogens with two attached hydrogens (primary N) is 1. The number of aromatic nitrogens is 4. The van der Waals surface area contributed by atoms with E-state index in [2.05, 4.69) is 15.2 Å². The molecular formula is C24H19F3N6O. The number of hydrogen-bond acceptors (Lipinski definition) is 4. The summed E-state index contributed by atoms with van der Waals surface area (Å²) in [6.45, 7) is 0. The molecule has 1 unspecified atom stereocenters. The van der Waals surface area contributed by atoms with Crippen LogP contribution in [-0.4, -0.2) is 26.0 Å². The van der Waals surface area contributed by atoms with Crippen LogP contribution in [0, 0.1) is 0 Å². The fourth-order valence-electron chi connectivity index (χ4n) is 4.47. The molecule has 2 aromatic heterocycles. The summed E-state index contributed by atoms with van der Waals surface area (Å²) in [5, 5.41) is 7.55. The van der Waals surface area contributed by atoms with Gasteiger partial charge in [0.1, 0.15) is 5.56 Å². The summed E-state index contributed by atoms with van der Waals surface area (Å²) in [6, 6.07) is 14.8. The fourth-order valence-corrected chi connectivity index (χ4v) is 4.47. The van der Waals surface area contributed by atoms with Crippen LogP contribution in [0.4, 0.5) is 23.7 Å². The molecule has 2 aromatic carbocycles. The van der Waals surface area contributed by atoms with Crippen molar-refractivity contribution >= 4 is 11.7 Å². The molecule has 34 heavy (non-hydrogen) atoms. The maximum Gasteiger partial charge on any atom is 0.420 e. The van der Waals surface area contributed by atoms with Crippen molar-refractivity contribution in [1.82, 2.24) is 20.0 Å². The molecule has 4 aromatic rings. The van der Waals surface area contributed by atoms with Crippen molar-refractivity contribution in [3.8, 4) is 16.9 Å². The van der Waals surface area contributed by atoms with Crippen LogP contribution in [-0.2, 0) is 12.6 Å². The minimum absolute atomic E-state index is 0.234. The Morgan fingerprint density at radius 3 is 2.44 bits per heavy atom. The van der Waals surface area contributed by atoms with Gasteiger partial charge in [0.15, 0.2) is 5.82 Å². The van der Waals surface area contributed by atoms with Crippen molar-refractivity contribution in [2.45, 2.75) is 25.1 Å². The predicted octanol–water partition coefficient (Wildman–Crippen LogP) is 4.92. The van der Waals surface area contributed by atoms with Gasteiger partial charge in [-0.05, 0) is 47.2 Å². The fraction of sp³-hybridized carbons (Fsp3) is 0.167. The van der Waals surface area contributed by atoms with Gasteiger partial charge in [0.2, 0.25) is 0 Å². The highest BCUT2D eigenvalue weighted by atomic mass is 19.4. The molecule has 1 aliphatic heterocycles. The van der Waals surface area contributed by atoms with Crippen LogP contribution >= 0.6 is 0 Å². The Kier molecular flexibility index (Phi) is 5.27. The molecule has 5 rings (SSSR count). The van der Waals surface area contributed by atoms with Gasteiger partial charge in [0, 0.05) is 11.9 Å². The number of pyridine rings is 1. The van der Waals surface area contributed by atoms with Gasteiger partial charge in [0.25, 0.3) is 0 Å². The molecule has 172 valence electrons. The predicted molar refractivity (Wildman–Crippen MR) is 119 cm³/mol. The number of carbonyl (C=O) groups excluding carboxylic acids is 1. The smallest absolute Gasteiger partial charge is 0.351 e. The number of fused-ring (bicyclic) bond motifs is 1. The standard InChI is InChI=1S/C24H19F3N6O/c25-24(26,27)19-13-16(14-29-22(19)33-30-11-12-31-33)20-10-9-18-17(15-5-2-1-3-6-15)7-4-8-21(18)32(20)23(28)34/h1-8,11-14,20H,9-10H2,(H2,28,34). The number of carbonyl (C=O) groups is 1. The van der Waals surface area contributed by atoms with Gasteiger partial charge in [-0.25, -0.2) is 9.78 Å². The maximum atomic E-state index is 13.9. The third-order valence-corrected chi connectivity index (χ3v) is 5.90. The highest BCUT2D eigenvalue weighted by Crippen LogP contribution is 2.43. The lowest BCUT2D eigenvalue weighted by atomic mass is 9.87. The lowest BCUT2D eigenvalue weighted by Crippen LogP contribution is -2.42. The van der Waals surface area contributed by atoms with Gasteiger partial charge in [-0.1, -0.05) is 42.5 Å². The Morgan fingerprint density at radius 2 is 1.76 bits per heavy atom. The Bertz CT molecular complexity index is 1340. The third-order valence-electron chi connectivity index (χ3n) is 5.90. The molecule has 1 aliphatic rings. The SMILES string of the molecule is NC(=O)N1c2cccc(-c3ccccc3)c2CCC1c1cnc(-n2nccn2)c(C(F)(F)F)c1. The summed E-state index contributed by atoms with van der Waals surface area (Å²) in [5.74, 6) is -0.436. The number of anilines is 1. The van der Waals surface area contributed by atoms with E-state index in [0.717, 1.165) is 27.6 Å². The van der Waals surface area contributed by atoms with Gasteiger partial charge >= 0.3 is 12.2 Å². The number of benzene rings is 2. The minimum atomic E-state index is -4.70. The van der Waals surface area contributed by atoms with Crippen LogP contribution < -0.4 is 10.6 Å². The molecule has 0 aliphatic carbocycles. The molecule has 3 heterocycles. The third kappa shape index (κ3) is 3.76. The molecule has 0 fully saturated rings. The van der Waals surface area contributed by atoms with E-state index in [-0.39, 0.29) is 5.56 Å². The van der Waals surface area contributed by atoms with Crippen LogP contribution in [0.1, 0.15) is 29.2 Å². The van der Waals surface area contributed by atoms with Crippen molar-refractivity contribution in [2.24, 2.45) is 5.73 Å². The summed E-state index contributed by atoms with van der Waals surface area (Å²) in [5.41, 5.74) is 8.44. The zero-order valence-corrected chi connectivity index (χ0v) is 17.8. The van der Waals surface area contributed by atoms with Crippen molar-refractivity contribution in [3.05, 3.63) is 89.9 Å². The Morgan fingerprint density at radius 1 is 1.03 bits per heavy atom. The molecule has 0 saturated carbocycles. The highest BCUT2D eigenvalue weighted by molar-refractivity contribution is 5.94. The van der Waals surface area contributed by atoms with Crippen molar-refractivity contribution in [1.29, 1.82) is 0 Å². The van der Waals surface area contributed by atoms with Crippen LogP contribution in [0.5, 0.6) is 0 Å². The highest BCUT2D eigenvalue weighted by Gasteiger charge is 2.38. The van der Waals surface area contributed by atoms with E-state index in [1.165, 1.54) is 23.5 Å². The van der Waals surface area contributed by atoms with E-state index < -0.39 is 29.6 Å². The molecule has 1 atom stereocenters. The topological polar surface area (TPSA) is 89.9 Å². The molecule has 10 heteroatoms. The molecule has 0 bridgehead atoms. The number of rotatable bonds is 3. The van der Waals surface area contributed by atoms with E-state index >= 15 is 0 Å². The molecular weight excluding hydrogens is 445 g/mol. The number of nitrogens with zero attached hydrogens (tertiary/aromatic N) is 5. The Balaban J connectivity index is 1.61. The van der Waals surface area contributed by atoms with Crippen LogP contribution in [0.2, 0.25) is 0 Å². The first kappa shape index (κ1) is 21.6. The second kappa shape index (κ2) is 8.29. The number of alkyl halides is 3. The second-order valence-electron chi connectivity index (χ2n) is 7.89. The lowest BCUT2D eigenvalue weighted by molar-refractivity contribution is -0.137. The summed E-state index contributed by atoms with van der Waals surface area (Å²) < 4.78 is 41.7. The number of halogens is 3. The van der Waals surface area contributed by atoms with Gasteiger partial charge < -0.3 is 5.73 Å². The maximum absolute atomic E-state index is 13.9. The lowest BCUT2D eigenvalue weighted by Gasteiger charge is -2.37. The van der Waals surface area contributed by atoms with Crippen LogP contribution in [0.15, 0.2) is 73.2 Å². The van der Waals surface area contributed by atoms with E-state index in [9.17, 15) is 18.0 Å². The number of primary amides is 1. The Hall–Kier alpha value is -4.21. The number of urea groups is 1. The first-order valence-corrected chi connectivity index (χ1v) is 10.5. The van der Waals surface area contributed by atoms with Gasteiger partial charge in [0.05, 0.1) is 18.4 Å². The number of hydrogen-bond donors (Lipinski definition) is 1. The summed E-state index contributed by atoms with van der Waals surface area (Å²) >= 11 is 0. The van der Waals surface area contributed by atoms with Crippen LogP contribution in [0.3, 0.4) is 0 Å². The monoisotopic (exact) mass is 464 g/mol. The zero-order chi connectivity index (χ0) is 23.9. The normalized spacial score (nSPS) is 15.7. The van der Waals surface area contributed by atoms with Crippen molar-refractivity contribution in [3.63, 3.8) is 0 Å². The van der Waals surface area contributed by atoms with Gasteiger partial charge in [-0.2, -0.15) is 23.4 Å². The molecule has 2 amide bonds. The molecule has 0 radical (unpaired) electrons. The molecule has 0 spiro atoms. The zero-order valence-electron chi connectivity index (χ0n) is 17.8. The summed E-state index contributed by atoms with van der Waals surface area (Å²) in [6.07, 6.45) is 0.105. The van der Waals surface area contributed by atoms with E-state index in [0.29, 0.717) is 18.5 Å². The quantitative estimate of drug-likeness (QED) is 0.466. The van der Waals surface area contributed by atoms with Crippen LogP contribution in [0.25, 0.3) is 16.9 Å². The van der Waals surface area contributed by atoms with Crippen molar-refractivity contribution < 1.29 is 18.0 Å². The Labute approximate surface area is 192 Å². The van der Waals surface area contributed by atoms with E-state index in [1.54, 1.807) is 6.07 Å². The van der Waals surface area contributed by atoms with E-state index in [1.807, 2.05) is 42.5 Å². The average Bonchev–Trinajstić information content (AvgIpc) is 3.37. The summed E-state index contributed by atoms with van der Waals surface area (Å²) in [7, 11) is 0. The average molecular weight is 464 g/mol. The van der Waals surface area contributed by atoms with E-state index in [4.69, 9.17) is 5.73 Å². The first-order valence-electron chi connectivity index (χ1n) is 10.5. The molecule has 2 N–H and O–H groups in total. The first-order chi connectivity index (χ1) is 16.3. The van der Waals surface area contributed by atoms with Gasteiger partial charge in [-0.15, -0.1) is 4.80 Å². The summed E-state index contributed by atoms with van der Waals surface area (Å²) in [4.78, 5) is 18.8. The van der Waals surface area contributed by atoms with Crippen molar-refractivity contribution in [2.75, 3.05) is 4.90 Å².